The van der Waals surface area contributed by atoms with Crippen LogP contribution in [0, 0.1) is 0 Å². The SMILES string of the molecule is CCc1ccc2c(c1)S(=O)(=O)C(CCN)C(=O)N2. The zero-order chi connectivity index (χ0) is 13.3. The highest BCUT2D eigenvalue weighted by atomic mass is 32.2. The molecule has 1 unspecified atom stereocenters. The molecule has 2 rings (SSSR count). The first-order valence-corrected chi connectivity index (χ1v) is 7.43. The molecule has 0 aliphatic carbocycles. The van der Waals surface area contributed by atoms with Crippen molar-refractivity contribution in [2.24, 2.45) is 5.73 Å². The highest BCUT2D eigenvalue weighted by Crippen LogP contribution is 2.32. The minimum atomic E-state index is -3.62. The van der Waals surface area contributed by atoms with Gasteiger partial charge >= 0.3 is 0 Å². The molecule has 6 heteroatoms. The monoisotopic (exact) mass is 268 g/mol. The van der Waals surface area contributed by atoms with E-state index < -0.39 is 21.0 Å². The third-order valence-electron chi connectivity index (χ3n) is 3.11. The Kier molecular flexibility index (Phi) is 3.41. The second-order valence-corrected chi connectivity index (χ2v) is 6.38. The van der Waals surface area contributed by atoms with Gasteiger partial charge in [-0.2, -0.15) is 0 Å². The Morgan fingerprint density at radius 1 is 1.39 bits per heavy atom. The van der Waals surface area contributed by atoms with E-state index in [-0.39, 0.29) is 17.9 Å². The second-order valence-electron chi connectivity index (χ2n) is 4.28. The third-order valence-corrected chi connectivity index (χ3v) is 5.26. The first kappa shape index (κ1) is 13.0. The Labute approximate surface area is 106 Å². The van der Waals surface area contributed by atoms with Gasteiger partial charge in [-0.25, -0.2) is 8.42 Å². The van der Waals surface area contributed by atoms with E-state index in [1.165, 1.54) is 0 Å². The molecule has 0 fully saturated rings. The molecule has 0 saturated carbocycles. The number of hydrogen-bond donors (Lipinski definition) is 2. The predicted octanol–water partition coefficient (Wildman–Crippen LogP) is 0.692. The van der Waals surface area contributed by atoms with Gasteiger partial charge in [0.25, 0.3) is 0 Å². The normalized spacial score (nSPS) is 21.2. The van der Waals surface area contributed by atoms with Gasteiger partial charge in [0.2, 0.25) is 5.91 Å². The Morgan fingerprint density at radius 2 is 2.11 bits per heavy atom. The van der Waals surface area contributed by atoms with Crippen LogP contribution in [0.15, 0.2) is 23.1 Å². The number of nitrogens with one attached hydrogen (secondary N) is 1. The van der Waals surface area contributed by atoms with E-state index >= 15 is 0 Å². The molecule has 0 spiro atoms. The number of carbonyl (C=O) groups excluding carboxylic acids is 1. The summed E-state index contributed by atoms with van der Waals surface area (Å²) < 4.78 is 24.7. The lowest BCUT2D eigenvalue weighted by molar-refractivity contribution is -0.116. The number of rotatable bonds is 3. The van der Waals surface area contributed by atoms with Crippen molar-refractivity contribution in [3.63, 3.8) is 0 Å². The highest BCUT2D eigenvalue weighted by molar-refractivity contribution is 7.93. The topological polar surface area (TPSA) is 89.3 Å². The number of anilines is 1. The summed E-state index contributed by atoms with van der Waals surface area (Å²) in [5.41, 5.74) is 6.67. The van der Waals surface area contributed by atoms with E-state index in [0.29, 0.717) is 5.69 Å². The molecule has 0 bridgehead atoms. The van der Waals surface area contributed by atoms with Crippen LogP contribution < -0.4 is 11.1 Å². The quantitative estimate of drug-likeness (QED) is 0.844. The average Bonchev–Trinajstić information content (AvgIpc) is 2.34. The van der Waals surface area contributed by atoms with E-state index in [4.69, 9.17) is 5.73 Å². The number of sulfone groups is 1. The van der Waals surface area contributed by atoms with Crippen LogP contribution in [0.4, 0.5) is 5.69 Å². The standard InChI is InChI=1S/C12H16N2O3S/c1-2-8-3-4-9-11(7-8)18(16,17)10(5-6-13)12(15)14-9/h3-4,7,10H,2,5-6,13H2,1H3,(H,14,15). The Morgan fingerprint density at radius 3 is 2.72 bits per heavy atom. The number of amides is 1. The second kappa shape index (κ2) is 4.70. The summed E-state index contributed by atoms with van der Waals surface area (Å²) in [5.74, 6) is -0.489. The summed E-state index contributed by atoms with van der Waals surface area (Å²) >= 11 is 0. The van der Waals surface area contributed by atoms with E-state index in [1.54, 1.807) is 12.1 Å². The van der Waals surface area contributed by atoms with Gasteiger partial charge in [-0.1, -0.05) is 13.0 Å². The molecule has 1 aromatic rings. The third kappa shape index (κ3) is 2.02. The van der Waals surface area contributed by atoms with Crippen LogP contribution in [0.25, 0.3) is 0 Å². The van der Waals surface area contributed by atoms with Crippen LogP contribution in [0.1, 0.15) is 18.9 Å². The Hall–Kier alpha value is -1.40. The summed E-state index contributed by atoms with van der Waals surface area (Å²) in [5, 5.41) is 1.56. The molecule has 0 aromatic heterocycles. The van der Waals surface area contributed by atoms with E-state index in [1.807, 2.05) is 13.0 Å². The molecule has 5 nitrogen and oxygen atoms in total. The Bertz CT molecular complexity index is 581. The fourth-order valence-corrected chi connectivity index (χ4v) is 3.91. The fourth-order valence-electron chi connectivity index (χ4n) is 2.07. The molecule has 1 heterocycles. The van der Waals surface area contributed by atoms with Crippen LogP contribution in [0.3, 0.4) is 0 Å². The largest absolute Gasteiger partial charge is 0.330 e. The summed E-state index contributed by atoms with van der Waals surface area (Å²) in [6.07, 6.45) is 0.891. The van der Waals surface area contributed by atoms with E-state index in [2.05, 4.69) is 5.32 Å². The van der Waals surface area contributed by atoms with Crippen molar-refractivity contribution >= 4 is 21.4 Å². The number of aryl methyl sites for hydroxylation is 1. The van der Waals surface area contributed by atoms with Crippen molar-refractivity contribution < 1.29 is 13.2 Å². The Balaban J connectivity index is 2.57. The zero-order valence-corrected chi connectivity index (χ0v) is 11.0. The molecule has 98 valence electrons. The summed E-state index contributed by atoms with van der Waals surface area (Å²) in [6.45, 7) is 2.12. The van der Waals surface area contributed by atoms with Gasteiger partial charge < -0.3 is 11.1 Å². The van der Waals surface area contributed by atoms with E-state index in [9.17, 15) is 13.2 Å². The first-order valence-electron chi connectivity index (χ1n) is 5.88. The van der Waals surface area contributed by atoms with Crippen molar-refractivity contribution in [3.8, 4) is 0 Å². The van der Waals surface area contributed by atoms with Gasteiger partial charge in [0.1, 0.15) is 5.25 Å². The number of carbonyl (C=O) groups is 1. The number of nitrogens with two attached hydrogens (primary N) is 1. The predicted molar refractivity (Wildman–Crippen MR) is 69.1 cm³/mol. The lowest BCUT2D eigenvalue weighted by Crippen LogP contribution is -2.41. The maximum atomic E-state index is 12.4. The number of fused-ring (bicyclic) bond motifs is 1. The average molecular weight is 268 g/mol. The molecule has 0 radical (unpaired) electrons. The van der Waals surface area contributed by atoms with Crippen molar-refractivity contribution in [2.45, 2.75) is 29.9 Å². The van der Waals surface area contributed by atoms with Crippen molar-refractivity contribution in [1.29, 1.82) is 0 Å². The molecule has 3 N–H and O–H groups in total. The van der Waals surface area contributed by atoms with Gasteiger partial charge in [0.05, 0.1) is 10.6 Å². The fraction of sp³-hybridized carbons (Fsp3) is 0.417. The molecule has 1 aromatic carbocycles. The van der Waals surface area contributed by atoms with Crippen LogP contribution >= 0.6 is 0 Å². The molecule has 1 atom stereocenters. The molecular formula is C12H16N2O3S. The van der Waals surface area contributed by atoms with Gasteiger partial charge in [0, 0.05) is 0 Å². The van der Waals surface area contributed by atoms with Crippen molar-refractivity contribution in [3.05, 3.63) is 23.8 Å². The van der Waals surface area contributed by atoms with Crippen LogP contribution in [0.2, 0.25) is 0 Å². The lowest BCUT2D eigenvalue weighted by Gasteiger charge is -2.24. The molecular weight excluding hydrogens is 252 g/mol. The number of benzene rings is 1. The first-order chi connectivity index (χ1) is 8.50. The van der Waals surface area contributed by atoms with Gasteiger partial charge in [-0.05, 0) is 37.1 Å². The highest BCUT2D eigenvalue weighted by Gasteiger charge is 2.39. The minimum Gasteiger partial charge on any atom is -0.330 e. The van der Waals surface area contributed by atoms with E-state index in [0.717, 1.165) is 12.0 Å². The van der Waals surface area contributed by atoms with Crippen molar-refractivity contribution in [1.82, 2.24) is 0 Å². The van der Waals surface area contributed by atoms with Crippen molar-refractivity contribution in [2.75, 3.05) is 11.9 Å². The molecule has 1 aliphatic heterocycles. The lowest BCUT2D eigenvalue weighted by atomic mass is 10.1. The molecule has 1 amide bonds. The summed E-state index contributed by atoms with van der Waals surface area (Å²) in [4.78, 5) is 12.0. The minimum absolute atomic E-state index is 0.143. The number of hydrogen-bond acceptors (Lipinski definition) is 4. The molecule has 18 heavy (non-hydrogen) atoms. The van der Waals surface area contributed by atoms with Crippen LogP contribution in [-0.2, 0) is 21.1 Å². The van der Waals surface area contributed by atoms with Crippen LogP contribution in [0.5, 0.6) is 0 Å². The summed E-state index contributed by atoms with van der Waals surface area (Å²) in [7, 11) is -3.62. The zero-order valence-electron chi connectivity index (χ0n) is 10.1. The molecule has 0 saturated heterocycles. The molecule has 1 aliphatic rings. The summed E-state index contributed by atoms with van der Waals surface area (Å²) in [6, 6.07) is 5.09. The van der Waals surface area contributed by atoms with Crippen LogP contribution in [-0.4, -0.2) is 26.1 Å². The van der Waals surface area contributed by atoms with Gasteiger partial charge in [0.15, 0.2) is 9.84 Å². The maximum absolute atomic E-state index is 12.4. The van der Waals surface area contributed by atoms with Gasteiger partial charge in [-0.15, -0.1) is 0 Å². The maximum Gasteiger partial charge on any atom is 0.243 e. The smallest absolute Gasteiger partial charge is 0.243 e. The van der Waals surface area contributed by atoms with Gasteiger partial charge in [-0.3, -0.25) is 4.79 Å².